The van der Waals surface area contributed by atoms with Gasteiger partial charge in [-0.15, -0.1) is 0 Å². The monoisotopic (exact) mass is 338 g/mol. The highest BCUT2D eigenvalue weighted by Gasteiger charge is 2.19. The Kier molecular flexibility index (Phi) is 6.59. The second-order valence-electron chi connectivity index (χ2n) is 5.95. The molecule has 1 aromatic carbocycles. The first-order chi connectivity index (χ1) is 11.0. The lowest BCUT2D eigenvalue weighted by atomic mass is 10.1. The lowest BCUT2D eigenvalue weighted by Gasteiger charge is -2.08. The van der Waals surface area contributed by atoms with Crippen molar-refractivity contribution in [2.45, 2.75) is 43.9 Å². The summed E-state index contributed by atoms with van der Waals surface area (Å²) in [5.41, 5.74) is 2.39. The Morgan fingerprint density at radius 2 is 1.91 bits per heavy atom. The summed E-state index contributed by atoms with van der Waals surface area (Å²) in [7, 11) is -3.39. The van der Waals surface area contributed by atoms with Gasteiger partial charge in [-0.1, -0.05) is 13.0 Å². The molecule has 1 aromatic rings. The summed E-state index contributed by atoms with van der Waals surface area (Å²) in [6.07, 6.45) is 4.13. The molecule has 0 fully saturated rings. The van der Waals surface area contributed by atoms with Crippen molar-refractivity contribution in [2.24, 2.45) is 0 Å². The van der Waals surface area contributed by atoms with Crippen molar-refractivity contribution < 1.29 is 13.2 Å². The maximum absolute atomic E-state index is 12.4. The number of rotatable bonds is 9. The summed E-state index contributed by atoms with van der Waals surface area (Å²) >= 11 is 0. The van der Waals surface area contributed by atoms with Gasteiger partial charge < -0.3 is 10.6 Å². The fourth-order valence-electron chi connectivity index (χ4n) is 2.77. The van der Waals surface area contributed by atoms with Crippen molar-refractivity contribution in [3.8, 4) is 0 Å². The topological polar surface area (TPSA) is 75.3 Å². The van der Waals surface area contributed by atoms with Gasteiger partial charge >= 0.3 is 0 Å². The third-order valence-electron chi connectivity index (χ3n) is 4.08. The first kappa shape index (κ1) is 17.9. The van der Waals surface area contributed by atoms with E-state index in [4.69, 9.17) is 0 Å². The van der Waals surface area contributed by atoms with E-state index in [0.29, 0.717) is 18.0 Å². The number of hydrogen-bond acceptors (Lipinski definition) is 4. The van der Waals surface area contributed by atoms with Gasteiger partial charge in [0.2, 0.25) is 5.91 Å². The lowest BCUT2D eigenvalue weighted by Crippen LogP contribution is -2.32. The molecule has 5 nitrogen and oxygen atoms in total. The Balaban J connectivity index is 1.81. The molecule has 2 rings (SSSR count). The first-order valence-electron chi connectivity index (χ1n) is 8.35. The average molecular weight is 338 g/mol. The molecule has 0 bridgehead atoms. The van der Waals surface area contributed by atoms with Crippen LogP contribution in [0.15, 0.2) is 23.1 Å². The van der Waals surface area contributed by atoms with Gasteiger partial charge in [0.1, 0.15) is 0 Å². The Morgan fingerprint density at radius 1 is 1.13 bits per heavy atom. The Hall–Kier alpha value is -1.40. The summed E-state index contributed by atoms with van der Waals surface area (Å²) in [5.74, 6) is -0.354. The standard InChI is InChI=1S/C17H26N2O3S/c1-2-9-18-10-11-19-17(20)8-12-23(21,22)16-7-6-14-4-3-5-15(14)13-16/h6-7,13,18H,2-5,8-12H2,1H3,(H,19,20). The van der Waals surface area contributed by atoms with Gasteiger partial charge in [0.15, 0.2) is 9.84 Å². The quantitative estimate of drug-likeness (QED) is 0.669. The molecule has 128 valence electrons. The second-order valence-corrected chi connectivity index (χ2v) is 8.06. The normalized spacial score (nSPS) is 13.8. The van der Waals surface area contributed by atoms with Crippen LogP contribution in [0, 0.1) is 0 Å². The molecule has 6 heteroatoms. The van der Waals surface area contributed by atoms with Crippen LogP contribution in [-0.4, -0.2) is 39.7 Å². The van der Waals surface area contributed by atoms with E-state index in [2.05, 4.69) is 17.6 Å². The van der Waals surface area contributed by atoms with E-state index in [-0.39, 0.29) is 18.1 Å². The average Bonchev–Trinajstić information content (AvgIpc) is 3.00. The summed E-state index contributed by atoms with van der Waals surface area (Å²) in [6.45, 7) is 4.23. The molecule has 0 atom stereocenters. The molecular formula is C17H26N2O3S. The largest absolute Gasteiger partial charge is 0.355 e. The molecule has 0 aromatic heterocycles. The molecule has 1 amide bonds. The number of fused-ring (bicyclic) bond motifs is 1. The maximum Gasteiger partial charge on any atom is 0.221 e. The SMILES string of the molecule is CCCNCCNC(=O)CCS(=O)(=O)c1ccc2c(c1)CCC2. The van der Waals surface area contributed by atoms with Crippen LogP contribution in [0.4, 0.5) is 0 Å². The molecule has 1 aliphatic rings. The number of benzene rings is 1. The summed E-state index contributed by atoms with van der Waals surface area (Å²) in [6, 6.07) is 5.37. The van der Waals surface area contributed by atoms with Gasteiger partial charge in [-0.2, -0.15) is 0 Å². The zero-order valence-electron chi connectivity index (χ0n) is 13.7. The molecule has 0 unspecified atom stereocenters. The third kappa shape index (κ3) is 5.32. The van der Waals surface area contributed by atoms with Gasteiger partial charge in [-0.05, 0) is 55.5 Å². The second kappa shape index (κ2) is 8.45. The molecule has 0 saturated carbocycles. The maximum atomic E-state index is 12.4. The highest BCUT2D eigenvalue weighted by molar-refractivity contribution is 7.91. The summed E-state index contributed by atoms with van der Waals surface area (Å²) < 4.78 is 24.7. The fourth-order valence-corrected chi connectivity index (χ4v) is 4.05. The Labute approximate surface area is 138 Å². The zero-order valence-corrected chi connectivity index (χ0v) is 14.5. The van der Waals surface area contributed by atoms with E-state index >= 15 is 0 Å². The number of sulfone groups is 1. The molecule has 2 N–H and O–H groups in total. The van der Waals surface area contributed by atoms with E-state index < -0.39 is 9.84 Å². The summed E-state index contributed by atoms with van der Waals surface area (Å²) in [5, 5.41) is 5.92. The molecule has 0 radical (unpaired) electrons. The van der Waals surface area contributed by atoms with Gasteiger partial charge in [0.05, 0.1) is 10.6 Å². The number of carbonyl (C=O) groups excluding carboxylic acids is 1. The third-order valence-corrected chi connectivity index (χ3v) is 5.79. The molecule has 0 aliphatic heterocycles. The first-order valence-corrected chi connectivity index (χ1v) is 10.00. The van der Waals surface area contributed by atoms with Crippen LogP contribution in [0.2, 0.25) is 0 Å². The van der Waals surface area contributed by atoms with Crippen LogP contribution in [0.25, 0.3) is 0 Å². The van der Waals surface area contributed by atoms with Crippen molar-refractivity contribution in [3.63, 3.8) is 0 Å². The highest BCUT2D eigenvalue weighted by atomic mass is 32.2. The predicted molar refractivity (Wildman–Crippen MR) is 91.3 cm³/mol. The molecular weight excluding hydrogens is 312 g/mol. The van der Waals surface area contributed by atoms with Crippen molar-refractivity contribution in [2.75, 3.05) is 25.4 Å². The van der Waals surface area contributed by atoms with Crippen LogP contribution < -0.4 is 10.6 Å². The highest BCUT2D eigenvalue weighted by Crippen LogP contribution is 2.25. The minimum absolute atomic E-state index is 0.00714. The lowest BCUT2D eigenvalue weighted by molar-refractivity contribution is -0.120. The van der Waals surface area contributed by atoms with E-state index in [1.54, 1.807) is 12.1 Å². The van der Waals surface area contributed by atoms with Gasteiger partial charge in [0, 0.05) is 19.5 Å². The van der Waals surface area contributed by atoms with Gasteiger partial charge in [-0.3, -0.25) is 4.79 Å². The van der Waals surface area contributed by atoms with E-state index in [0.717, 1.165) is 37.8 Å². The van der Waals surface area contributed by atoms with Gasteiger partial charge in [-0.25, -0.2) is 8.42 Å². The fraction of sp³-hybridized carbons (Fsp3) is 0.588. The zero-order chi connectivity index (χ0) is 16.7. The molecule has 23 heavy (non-hydrogen) atoms. The number of amides is 1. The predicted octanol–water partition coefficient (Wildman–Crippen LogP) is 1.45. The van der Waals surface area contributed by atoms with Gasteiger partial charge in [0.25, 0.3) is 0 Å². The van der Waals surface area contributed by atoms with Crippen LogP contribution in [0.5, 0.6) is 0 Å². The van der Waals surface area contributed by atoms with Crippen molar-refractivity contribution >= 4 is 15.7 Å². The molecule has 0 saturated heterocycles. The summed E-state index contributed by atoms with van der Waals surface area (Å²) in [4.78, 5) is 12.1. The number of aryl methyl sites for hydroxylation is 2. The van der Waals surface area contributed by atoms with Crippen LogP contribution in [0.3, 0.4) is 0 Å². The minimum atomic E-state index is -3.39. The molecule has 1 aliphatic carbocycles. The number of nitrogens with one attached hydrogen (secondary N) is 2. The van der Waals surface area contributed by atoms with Crippen LogP contribution in [-0.2, 0) is 27.5 Å². The van der Waals surface area contributed by atoms with Crippen molar-refractivity contribution in [3.05, 3.63) is 29.3 Å². The van der Waals surface area contributed by atoms with E-state index in [9.17, 15) is 13.2 Å². The van der Waals surface area contributed by atoms with E-state index in [1.807, 2.05) is 6.07 Å². The number of carbonyl (C=O) groups is 1. The van der Waals surface area contributed by atoms with Crippen LogP contribution >= 0.6 is 0 Å². The molecule has 0 spiro atoms. The van der Waals surface area contributed by atoms with Crippen molar-refractivity contribution in [1.82, 2.24) is 10.6 Å². The minimum Gasteiger partial charge on any atom is -0.355 e. The number of hydrogen-bond donors (Lipinski definition) is 2. The van der Waals surface area contributed by atoms with Crippen LogP contribution in [0.1, 0.15) is 37.3 Å². The molecule has 0 heterocycles. The smallest absolute Gasteiger partial charge is 0.221 e. The van der Waals surface area contributed by atoms with Crippen molar-refractivity contribution in [1.29, 1.82) is 0 Å². The van der Waals surface area contributed by atoms with E-state index in [1.165, 1.54) is 5.56 Å². The Morgan fingerprint density at radius 3 is 2.70 bits per heavy atom. The Bertz CT molecular complexity index is 641.